The summed E-state index contributed by atoms with van der Waals surface area (Å²) in [5.74, 6) is 0. The summed E-state index contributed by atoms with van der Waals surface area (Å²) in [6, 6.07) is 73.6. The van der Waals surface area contributed by atoms with Crippen molar-refractivity contribution in [2.45, 2.75) is 0 Å². The number of hydrogen-bond acceptors (Lipinski definition) is 2. The minimum absolute atomic E-state index is 1.12. The van der Waals surface area contributed by atoms with Crippen LogP contribution in [0.5, 0.6) is 0 Å². The van der Waals surface area contributed by atoms with Gasteiger partial charge in [-0.2, -0.15) is 0 Å². The van der Waals surface area contributed by atoms with Gasteiger partial charge in [0.1, 0.15) is 0 Å². The Balaban J connectivity index is 1.06. The summed E-state index contributed by atoms with van der Waals surface area (Å²) in [4.78, 5) is 2.44. The van der Waals surface area contributed by atoms with E-state index in [0.717, 1.165) is 11.4 Å². The lowest BCUT2D eigenvalue weighted by atomic mass is 9.96. The molecule has 0 aliphatic rings. The molecule has 0 N–H and O–H groups in total. The molecule has 0 unspecified atom stereocenters. The van der Waals surface area contributed by atoms with Crippen molar-refractivity contribution in [2.24, 2.45) is 0 Å². The molecule has 0 fully saturated rings. The average Bonchev–Trinajstić information content (AvgIpc) is 3.63. The summed E-state index contributed by atoms with van der Waals surface area (Å²) < 4.78 is 2.59. The molecule has 0 aliphatic carbocycles. The maximum atomic E-state index is 2.44. The molecule has 0 amide bonds. The predicted octanol–water partition coefficient (Wildman–Crippen LogP) is 15.5. The molecule has 11 aromatic rings. The molecule has 1 heterocycles. The third kappa shape index (κ3) is 5.07. The lowest BCUT2D eigenvalue weighted by Crippen LogP contribution is -2.10. The second-order valence-electron chi connectivity index (χ2n) is 14.1. The molecule has 10 aromatic carbocycles. The van der Waals surface area contributed by atoms with E-state index in [-0.39, 0.29) is 0 Å². The van der Waals surface area contributed by atoms with Crippen LogP contribution >= 0.6 is 11.3 Å². The van der Waals surface area contributed by atoms with Crippen LogP contribution in [0.2, 0.25) is 0 Å². The largest absolute Gasteiger partial charge is 0.309 e. The van der Waals surface area contributed by atoms with E-state index in [9.17, 15) is 0 Å². The summed E-state index contributed by atoms with van der Waals surface area (Å²) in [7, 11) is 0. The van der Waals surface area contributed by atoms with Crippen LogP contribution in [0.15, 0.2) is 200 Å². The van der Waals surface area contributed by atoms with E-state index in [1.54, 1.807) is 0 Å². The monoisotopic (exact) mass is 703 g/mol. The number of anilines is 3. The standard InChI is InChI=1S/C52H33NS/c1-3-13-44-35(9-1)19-21-37-23-25-40(32-48(37)44)34-27-29-42(30-28-34)53(50-17-8-16-47-46-15-5-6-18-51(46)54-52(47)50)43-12-7-11-39(31-43)41-26-24-38-22-20-36-10-2-4-14-45(36)49(38)33-41/h1-33H. The first kappa shape index (κ1) is 30.8. The maximum absolute atomic E-state index is 2.44. The topological polar surface area (TPSA) is 3.24 Å². The highest BCUT2D eigenvalue weighted by Crippen LogP contribution is 2.46. The number of benzene rings is 10. The summed E-state index contributed by atoms with van der Waals surface area (Å²) in [5.41, 5.74) is 8.24. The van der Waals surface area contributed by atoms with Crippen LogP contribution in [0.3, 0.4) is 0 Å². The molecule has 0 spiro atoms. The Hall–Kier alpha value is -6.74. The van der Waals surface area contributed by atoms with Gasteiger partial charge in [-0.05, 0) is 114 Å². The second-order valence-corrected chi connectivity index (χ2v) is 15.2. The third-order valence-electron chi connectivity index (χ3n) is 11.0. The molecule has 1 nitrogen and oxygen atoms in total. The van der Waals surface area contributed by atoms with Crippen molar-refractivity contribution in [3.63, 3.8) is 0 Å². The molecule has 0 saturated heterocycles. The first-order valence-electron chi connectivity index (χ1n) is 18.5. The SMILES string of the molecule is c1cc(-c2ccc3ccc4ccccc4c3c2)cc(N(c2ccc(-c3ccc4ccc5ccccc5c4c3)cc2)c2cccc3c2sc2ccccc23)c1. The van der Waals surface area contributed by atoms with Gasteiger partial charge in [0, 0.05) is 26.8 Å². The Morgan fingerprint density at radius 2 is 0.796 bits per heavy atom. The third-order valence-corrected chi connectivity index (χ3v) is 12.2. The van der Waals surface area contributed by atoms with Crippen molar-refractivity contribution < 1.29 is 0 Å². The quantitative estimate of drug-likeness (QED) is 0.161. The van der Waals surface area contributed by atoms with Crippen LogP contribution in [-0.4, -0.2) is 0 Å². The number of fused-ring (bicyclic) bond motifs is 9. The lowest BCUT2D eigenvalue weighted by molar-refractivity contribution is 1.30. The van der Waals surface area contributed by atoms with Gasteiger partial charge in [0.25, 0.3) is 0 Å². The van der Waals surface area contributed by atoms with Crippen molar-refractivity contribution in [3.8, 4) is 22.3 Å². The first-order valence-corrected chi connectivity index (χ1v) is 19.3. The van der Waals surface area contributed by atoms with Gasteiger partial charge >= 0.3 is 0 Å². The van der Waals surface area contributed by atoms with Gasteiger partial charge in [-0.3, -0.25) is 0 Å². The molecule has 1 aromatic heterocycles. The molecule has 0 radical (unpaired) electrons. The number of thiophene rings is 1. The molecule has 0 saturated carbocycles. The zero-order chi connectivity index (χ0) is 35.6. The smallest absolute Gasteiger partial charge is 0.0640 e. The van der Waals surface area contributed by atoms with Crippen molar-refractivity contribution in [2.75, 3.05) is 4.90 Å². The van der Waals surface area contributed by atoms with Crippen molar-refractivity contribution in [3.05, 3.63) is 200 Å². The highest BCUT2D eigenvalue weighted by Gasteiger charge is 2.19. The predicted molar refractivity (Wildman–Crippen MR) is 235 cm³/mol. The number of nitrogens with zero attached hydrogens (tertiary/aromatic N) is 1. The zero-order valence-electron chi connectivity index (χ0n) is 29.4. The Morgan fingerprint density at radius 3 is 1.48 bits per heavy atom. The van der Waals surface area contributed by atoms with Gasteiger partial charge in [0.05, 0.1) is 10.4 Å². The molecule has 252 valence electrons. The summed E-state index contributed by atoms with van der Waals surface area (Å²) in [6.07, 6.45) is 0. The van der Waals surface area contributed by atoms with Crippen molar-refractivity contribution in [1.29, 1.82) is 0 Å². The summed E-state index contributed by atoms with van der Waals surface area (Å²) in [6.45, 7) is 0. The van der Waals surface area contributed by atoms with E-state index in [1.807, 2.05) is 11.3 Å². The first-order chi connectivity index (χ1) is 26.7. The summed E-state index contributed by atoms with van der Waals surface area (Å²) in [5, 5.41) is 12.8. The van der Waals surface area contributed by atoms with E-state index in [4.69, 9.17) is 0 Å². The van der Waals surface area contributed by atoms with Gasteiger partial charge in [-0.15, -0.1) is 11.3 Å². The second kappa shape index (κ2) is 12.4. The lowest BCUT2D eigenvalue weighted by Gasteiger charge is -2.27. The van der Waals surface area contributed by atoms with E-state index in [2.05, 4.69) is 205 Å². The molecular weight excluding hydrogens is 671 g/mol. The average molecular weight is 704 g/mol. The fraction of sp³-hybridized carbons (Fsp3) is 0. The Bertz CT molecular complexity index is 3230. The minimum atomic E-state index is 1.12. The van der Waals surface area contributed by atoms with Crippen LogP contribution < -0.4 is 4.90 Å². The fourth-order valence-corrected chi connectivity index (χ4v) is 9.53. The van der Waals surface area contributed by atoms with Crippen molar-refractivity contribution >= 4 is 91.7 Å². The molecule has 0 bridgehead atoms. The highest BCUT2D eigenvalue weighted by molar-refractivity contribution is 7.26. The zero-order valence-corrected chi connectivity index (χ0v) is 30.2. The van der Waals surface area contributed by atoms with Crippen LogP contribution in [-0.2, 0) is 0 Å². The van der Waals surface area contributed by atoms with Crippen LogP contribution in [0, 0.1) is 0 Å². The minimum Gasteiger partial charge on any atom is -0.309 e. The van der Waals surface area contributed by atoms with E-state index >= 15 is 0 Å². The summed E-state index contributed by atoms with van der Waals surface area (Å²) >= 11 is 1.87. The fourth-order valence-electron chi connectivity index (χ4n) is 8.33. The number of rotatable bonds is 5. The molecular formula is C52H33NS. The maximum Gasteiger partial charge on any atom is 0.0640 e. The molecule has 0 atom stereocenters. The normalized spacial score (nSPS) is 11.7. The van der Waals surface area contributed by atoms with Gasteiger partial charge in [-0.1, -0.05) is 152 Å². The van der Waals surface area contributed by atoms with Crippen LogP contribution in [0.1, 0.15) is 0 Å². The molecule has 11 rings (SSSR count). The van der Waals surface area contributed by atoms with Gasteiger partial charge in [-0.25, -0.2) is 0 Å². The highest BCUT2D eigenvalue weighted by atomic mass is 32.1. The van der Waals surface area contributed by atoms with E-state index < -0.39 is 0 Å². The Kier molecular flexibility index (Phi) is 7.11. The van der Waals surface area contributed by atoms with E-state index in [1.165, 1.54) is 91.2 Å². The molecule has 2 heteroatoms. The van der Waals surface area contributed by atoms with Crippen LogP contribution in [0.4, 0.5) is 17.1 Å². The Labute approximate surface area is 317 Å². The van der Waals surface area contributed by atoms with Crippen molar-refractivity contribution in [1.82, 2.24) is 0 Å². The van der Waals surface area contributed by atoms with E-state index in [0.29, 0.717) is 0 Å². The van der Waals surface area contributed by atoms with Gasteiger partial charge in [0.2, 0.25) is 0 Å². The molecule has 54 heavy (non-hydrogen) atoms. The molecule has 0 aliphatic heterocycles. The Morgan fingerprint density at radius 1 is 0.296 bits per heavy atom. The van der Waals surface area contributed by atoms with Gasteiger partial charge in [0.15, 0.2) is 0 Å². The van der Waals surface area contributed by atoms with Crippen LogP contribution in [0.25, 0.3) is 85.5 Å². The number of hydrogen-bond donors (Lipinski definition) is 0. The van der Waals surface area contributed by atoms with Gasteiger partial charge < -0.3 is 4.90 Å².